The van der Waals surface area contributed by atoms with Crippen molar-refractivity contribution in [3.63, 3.8) is 0 Å². The predicted molar refractivity (Wildman–Crippen MR) is 67.2 cm³/mol. The van der Waals surface area contributed by atoms with Crippen LogP contribution in [0, 0.1) is 0 Å². The van der Waals surface area contributed by atoms with Gasteiger partial charge in [-0.15, -0.1) is 5.10 Å². The molecular formula is C12H15N5O2. The first-order chi connectivity index (χ1) is 9.26. The van der Waals surface area contributed by atoms with Crippen molar-refractivity contribution >= 4 is 5.97 Å². The standard InChI is InChI=1S/C12H15N5O2/c1-2-19-12(18)11-10(7-13)17(16-15-11)8-9-5-3-4-6-14-9/h3-6H,2,7-8,13H2,1H3. The lowest BCUT2D eigenvalue weighted by Crippen LogP contribution is -2.15. The summed E-state index contributed by atoms with van der Waals surface area (Å²) in [5.74, 6) is -0.504. The Morgan fingerprint density at radius 2 is 2.32 bits per heavy atom. The van der Waals surface area contributed by atoms with E-state index in [4.69, 9.17) is 10.5 Å². The second-order valence-electron chi connectivity index (χ2n) is 3.79. The van der Waals surface area contributed by atoms with E-state index in [2.05, 4.69) is 15.3 Å². The number of hydrogen-bond donors (Lipinski definition) is 1. The minimum Gasteiger partial charge on any atom is -0.461 e. The van der Waals surface area contributed by atoms with Crippen molar-refractivity contribution in [3.8, 4) is 0 Å². The number of nitrogens with zero attached hydrogens (tertiary/aromatic N) is 4. The van der Waals surface area contributed by atoms with E-state index in [1.165, 1.54) is 0 Å². The molecule has 19 heavy (non-hydrogen) atoms. The van der Waals surface area contributed by atoms with Crippen LogP contribution in [0.3, 0.4) is 0 Å². The van der Waals surface area contributed by atoms with Gasteiger partial charge in [-0.25, -0.2) is 9.48 Å². The first kappa shape index (κ1) is 13.2. The molecule has 0 fully saturated rings. The summed E-state index contributed by atoms with van der Waals surface area (Å²) >= 11 is 0. The Balaban J connectivity index is 2.25. The highest BCUT2D eigenvalue weighted by atomic mass is 16.5. The summed E-state index contributed by atoms with van der Waals surface area (Å²) < 4.78 is 6.47. The van der Waals surface area contributed by atoms with E-state index in [0.29, 0.717) is 12.2 Å². The van der Waals surface area contributed by atoms with Gasteiger partial charge in [-0.1, -0.05) is 11.3 Å². The number of carbonyl (C=O) groups excluding carboxylic acids is 1. The number of ether oxygens (including phenoxy) is 1. The van der Waals surface area contributed by atoms with Crippen LogP contribution in [0.1, 0.15) is 28.8 Å². The molecule has 100 valence electrons. The average Bonchev–Trinajstić information content (AvgIpc) is 2.83. The lowest BCUT2D eigenvalue weighted by molar-refractivity contribution is 0.0518. The predicted octanol–water partition coefficient (Wildman–Crippen LogP) is 0.357. The first-order valence-electron chi connectivity index (χ1n) is 5.95. The van der Waals surface area contributed by atoms with Crippen molar-refractivity contribution in [2.75, 3.05) is 6.61 Å². The Hall–Kier alpha value is -2.28. The van der Waals surface area contributed by atoms with Gasteiger partial charge >= 0.3 is 5.97 Å². The number of esters is 1. The van der Waals surface area contributed by atoms with Gasteiger partial charge in [-0.05, 0) is 19.1 Å². The maximum atomic E-state index is 11.7. The van der Waals surface area contributed by atoms with E-state index >= 15 is 0 Å². The molecule has 0 spiro atoms. The van der Waals surface area contributed by atoms with E-state index < -0.39 is 5.97 Å². The Kier molecular flexibility index (Phi) is 4.19. The maximum Gasteiger partial charge on any atom is 0.360 e. The van der Waals surface area contributed by atoms with Gasteiger partial charge in [0.1, 0.15) is 0 Å². The van der Waals surface area contributed by atoms with Gasteiger partial charge in [-0.3, -0.25) is 4.98 Å². The summed E-state index contributed by atoms with van der Waals surface area (Å²) in [5.41, 5.74) is 7.18. The molecule has 0 radical (unpaired) electrons. The molecule has 2 aromatic rings. The molecule has 0 atom stereocenters. The topological polar surface area (TPSA) is 95.9 Å². The summed E-state index contributed by atoms with van der Waals surface area (Å²) in [6.45, 7) is 2.60. The fraction of sp³-hybridized carbons (Fsp3) is 0.333. The Bertz CT molecular complexity index is 553. The van der Waals surface area contributed by atoms with E-state index in [9.17, 15) is 4.79 Å². The molecule has 2 N–H and O–H groups in total. The van der Waals surface area contributed by atoms with Crippen LogP contribution in [0.5, 0.6) is 0 Å². The fourth-order valence-corrected chi connectivity index (χ4v) is 1.66. The van der Waals surface area contributed by atoms with Gasteiger partial charge in [0.05, 0.1) is 24.5 Å². The van der Waals surface area contributed by atoms with Crippen LogP contribution in [0.2, 0.25) is 0 Å². The van der Waals surface area contributed by atoms with Gasteiger partial charge < -0.3 is 10.5 Å². The van der Waals surface area contributed by atoms with Crippen molar-refractivity contribution in [2.24, 2.45) is 5.73 Å². The Labute approximate surface area is 110 Å². The van der Waals surface area contributed by atoms with E-state index in [1.807, 2.05) is 18.2 Å². The third-order valence-electron chi connectivity index (χ3n) is 2.54. The lowest BCUT2D eigenvalue weighted by Gasteiger charge is -2.05. The van der Waals surface area contributed by atoms with Crippen LogP contribution in [0.15, 0.2) is 24.4 Å². The number of nitrogens with two attached hydrogens (primary N) is 1. The van der Waals surface area contributed by atoms with Crippen LogP contribution in [-0.2, 0) is 17.8 Å². The Morgan fingerprint density at radius 1 is 1.47 bits per heavy atom. The van der Waals surface area contributed by atoms with Gasteiger partial charge in [-0.2, -0.15) is 0 Å². The molecule has 2 rings (SSSR count). The minimum atomic E-state index is -0.504. The molecule has 0 aliphatic carbocycles. The van der Waals surface area contributed by atoms with Crippen molar-refractivity contribution in [1.29, 1.82) is 0 Å². The number of carbonyl (C=O) groups is 1. The van der Waals surface area contributed by atoms with E-state index in [1.54, 1.807) is 17.8 Å². The Morgan fingerprint density at radius 3 is 2.95 bits per heavy atom. The molecule has 0 aliphatic heterocycles. The molecule has 0 aromatic carbocycles. The molecule has 7 nitrogen and oxygen atoms in total. The number of pyridine rings is 1. The molecule has 2 aromatic heterocycles. The SMILES string of the molecule is CCOC(=O)c1nnn(Cc2ccccn2)c1CN. The molecule has 0 saturated heterocycles. The summed E-state index contributed by atoms with van der Waals surface area (Å²) in [5, 5.41) is 7.76. The summed E-state index contributed by atoms with van der Waals surface area (Å²) in [6, 6.07) is 5.58. The molecule has 2 heterocycles. The largest absolute Gasteiger partial charge is 0.461 e. The zero-order chi connectivity index (χ0) is 13.7. The number of hydrogen-bond acceptors (Lipinski definition) is 6. The molecule has 0 aliphatic rings. The monoisotopic (exact) mass is 261 g/mol. The highest BCUT2D eigenvalue weighted by molar-refractivity contribution is 5.88. The van der Waals surface area contributed by atoms with Gasteiger partial charge in [0.2, 0.25) is 0 Å². The molecule has 0 unspecified atom stereocenters. The highest BCUT2D eigenvalue weighted by Gasteiger charge is 2.19. The second kappa shape index (κ2) is 6.05. The zero-order valence-electron chi connectivity index (χ0n) is 10.6. The van der Waals surface area contributed by atoms with Crippen LogP contribution < -0.4 is 5.73 Å². The quantitative estimate of drug-likeness (QED) is 0.780. The molecule has 0 amide bonds. The average molecular weight is 261 g/mol. The molecule has 0 bridgehead atoms. The summed E-state index contributed by atoms with van der Waals surface area (Å²) in [6.07, 6.45) is 1.70. The lowest BCUT2D eigenvalue weighted by atomic mass is 10.3. The second-order valence-corrected chi connectivity index (χ2v) is 3.79. The third kappa shape index (κ3) is 2.94. The van der Waals surface area contributed by atoms with Crippen LogP contribution in [0.4, 0.5) is 0 Å². The van der Waals surface area contributed by atoms with Crippen LogP contribution in [0.25, 0.3) is 0 Å². The zero-order valence-corrected chi connectivity index (χ0v) is 10.6. The van der Waals surface area contributed by atoms with Gasteiger partial charge in [0, 0.05) is 12.7 Å². The normalized spacial score (nSPS) is 10.4. The smallest absolute Gasteiger partial charge is 0.360 e. The number of rotatable bonds is 5. The maximum absolute atomic E-state index is 11.7. The van der Waals surface area contributed by atoms with Crippen LogP contribution >= 0.6 is 0 Å². The molecule has 7 heteroatoms. The molecular weight excluding hydrogens is 246 g/mol. The van der Waals surface area contributed by atoms with Crippen molar-refractivity contribution in [1.82, 2.24) is 20.0 Å². The first-order valence-corrected chi connectivity index (χ1v) is 5.95. The van der Waals surface area contributed by atoms with Gasteiger partial charge in [0.15, 0.2) is 5.69 Å². The highest BCUT2D eigenvalue weighted by Crippen LogP contribution is 2.08. The third-order valence-corrected chi connectivity index (χ3v) is 2.54. The fourth-order valence-electron chi connectivity index (χ4n) is 1.66. The number of aromatic nitrogens is 4. The summed E-state index contributed by atoms with van der Waals surface area (Å²) in [7, 11) is 0. The van der Waals surface area contributed by atoms with Crippen molar-refractivity contribution in [3.05, 3.63) is 41.5 Å². The van der Waals surface area contributed by atoms with E-state index in [0.717, 1.165) is 5.69 Å². The van der Waals surface area contributed by atoms with E-state index in [-0.39, 0.29) is 18.8 Å². The summed E-state index contributed by atoms with van der Waals surface area (Å²) in [4.78, 5) is 15.9. The molecule has 0 saturated carbocycles. The van der Waals surface area contributed by atoms with Gasteiger partial charge in [0.25, 0.3) is 0 Å². The van der Waals surface area contributed by atoms with Crippen molar-refractivity contribution < 1.29 is 9.53 Å². The van der Waals surface area contributed by atoms with Crippen molar-refractivity contribution in [2.45, 2.75) is 20.0 Å². The van der Waals surface area contributed by atoms with Crippen LogP contribution in [-0.4, -0.2) is 32.6 Å². The minimum absolute atomic E-state index is 0.161.